The summed E-state index contributed by atoms with van der Waals surface area (Å²) >= 11 is 5.83. The normalized spacial score (nSPS) is 12.1. The predicted octanol–water partition coefficient (Wildman–Crippen LogP) is 5.43. The molecule has 1 unspecified atom stereocenters. The maximum absolute atomic E-state index is 13.6. The zero-order valence-electron chi connectivity index (χ0n) is 14.7. The van der Waals surface area contributed by atoms with Gasteiger partial charge in [0.25, 0.3) is 0 Å². The van der Waals surface area contributed by atoms with Gasteiger partial charge >= 0.3 is 0 Å². The van der Waals surface area contributed by atoms with Gasteiger partial charge in [0, 0.05) is 23.4 Å². The second-order valence-corrected chi connectivity index (χ2v) is 6.47. The number of aromatic nitrogens is 1. The number of carbonyl (C=O) groups is 1. The lowest BCUT2D eigenvalue weighted by Crippen LogP contribution is -2.24. The number of nitrogens with one attached hydrogen (secondary N) is 1. The molecule has 0 aliphatic heterocycles. The van der Waals surface area contributed by atoms with Crippen molar-refractivity contribution in [1.29, 1.82) is 0 Å². The van der Waals surface area contributed by atoms with E-state index in [2.05, 4.69) is 10.3 Å². The molecule has 1 amide bonds. The van der Waals surface area contributed by atoms with Crippen molar-refractivity contribution in [2.45, 2.75) is 13.0 Å². The number of nitrogens with zero attached hydrogens (tertiary/aromatic N) is 1. The molecule has 5 heteroatoms. The molecule has 3 rings (SSSR count). The minimum Gasteiger partial charge on any atom is -0.346 e. The summed E-state index contributed by atoms with van der Waals surface area (Å²) in [5.74, 6) is -0.650. The van der Waals surface area contributed by atoms with Crippen LogP contribution in [0.1, 0.15) is 24.1 Å². The summed E-state index contributed by atoms with van der Waals surface area (Å²) in [6.07, 6.45) is 4.51. The van der Waals surface area contributed by atoms with E-state index in [4.69, 9.17) is 11.6 Å². The first-order valence-electron chi connectivity index (χ1n) is 8.48. The average Bonchev–Trinajstić information content (AvgIpc) is 2.68. The molecule has 0 fully saturated rings. The monoisotopic (exact) mass is 380 g/mol. The number of rotatable bonds is 5. The Morgan fingerprint density at radius 3 is 2.67 bits per heavy atom. The fourth-order valence-corrected chi connectivity index (χ4v) is 2.77. The van der Waals surface area contributed by atoms with E-state index in [1.807, 2.05) is 37.3 Å². The number of hydrogen-bond donors (Lipinski definition) is 1. The van der Waals surface area contributed by atoms with Crippen molar-refractivity contribution in [3.8, 4) is 11.1 Å². The van der Waals surface area contributed by atoms with Gasteiger partial charge in [0.2, 0.25) is 5.91 Å². The molecule has 0 saturated carbocycles. The molecule has 1 aromatic heterocycles. The molecule has 0 aliphatic rings. The Labute approximate surface area is 162 Å². The van der Waals surface area contributed by atoms with Crippen LogP contribution in [0.5, 0.6) is 0 Å². The number of benzene rings is 2. The van der Waals surface area contributed by atoms with Gasteiger partial charge in [-0.1, -0.05) is 48.0 Å². The second-order valence-electron chi connectivity index (χ2n) is 6.08. The number of amides is 1. The molecule has 0 aliphatic carbocycles. The highest BCUT2D eigenvalue weighted by molar-refractivity contribution is 6.29. The first kappa shape index (κ1) is 18.8. The second kappa shape index (κ2) is 8.60. The Bertz CT molecular complexity index is 970. The van der Waals surface area contributed by atoms with Crippen molar-refractivity contribution in [1.82, 2.24) is 10.3 Å². The molecule has 1 heterocycles. The highest BCUT2D eigenvalue weighted by Crippen LogP contribution is 2.23. The lowest BCUT2D eigenvalue weighted by Gasteiger charge is -2.14. The first-order valence-corrected chi connectivity index (χ1v) is 8.86. The molecule has 136 valence electrons. The van der Waals surface area contributed by atoms with Gasteiger partial charge in [-0.3, -0.25) is 4.79 Å². The number of hydrogen-bond acceptors (Lipinski definition) is 2. The summed E-state index contributed by atoms with van der Waals surface area (Å²) in [7, 11) is 0. The Morgan fingerprint density at radius 2 is 1.93 bits per heavy atom. The fourth-order valence-electron chi connectivity index (χ4n) is 2.65. The number of pyridine rings is 1. The van der Waals surface area contributed by atoms with Crippen molar-refractivity contribution in [2.24, 2.45) is 0 Å². The van der Waals surface area contributed by atoms with Crippen molar-refractivity contribution in [3.05, 3.63) is 95.0 Å². The van der Waals surface area contributed by atoms with E-state index in [0.29, 0.717) is 10.7 Å². The van der Waals surface area contributed by atoms with E-state index in [1.165, 1.54) is 18.2 Å². The van der Waals surface area contributed by atoms with Gasteiger partial charge in [-0.15, -0.1) is 0 Å². The van der Waals surface area contributed by atoms with Gasteiger partial charge in [-0.05, 0) is 48.4 Å². The smallest absolute Gasteiger partial charge is 0.244 e. The van der Waals surface area contributed by atoms with Crippen molar-refractivity contribution in [2.75, 3.05) is 0 Å². The summed E-state index contributed by atoms with van der Waals surface area (Å²) in [4.78, 5) is 16.3. The number of carbonyl (C=O) groups excluding carboxylic acids is 1. The molecule has 0 radical (unpaired) electrons. The van der Waals surface area contributed by atoms with Gasteiger partial charge in [-0.2, -0.15) is 0 Å². The largest absolute Gasteiger partial charge is 0.346 e. The fraction of sp³-hybridized carbons (Fsp3) is 0.0909. The van der Waals surface area contributed by atoms with Gasteiger partial charge in [-0.25, -0.2) is 9.37 Å². The third-order valence-corrected chi connectivity index (χ3v) is 4.35. The SMILES string of the molecule is CC(NC(=O)C=Cc1ccccc1F)c1cccc(-c2ccc(Cl)nc2)c1. The van der Waals surface area contributed by atoms with Crippen LogP contribution in [0.25, 0.3) is 17.2 Å². The van der Waals surface area contributed by atoms with E-state index in [9.17, 15) is 9.18 Å². The molecule has 0 bridgehead atoms. The molecule has 0 saturated heterocycles. The Kier molecular flexibility index (Phi) is 5.99. The zero-order valence-corrected chi connectivity index (χ0v) is 15.5. The van der Waals surface area contributed by atoms with E-state index >= 15 is 0 Å². The van der Waals surface area contributed by atoms with Crippen LogP contribution in [-0.2, 0) is 4.79 Å². The van der Waals surface area contributed by atoms with Crippen LogP contribution >= 0.6 is 11.6 Å². The highest BCUT2D eigenvalue weighted by atomic mass is 35.5. The quantitative estimate of drug-likeness (QED) is 0.473. The first-order chi connectivity index (χ1) is 13.0. The van der Waals surface area contributed by atoms with Crippen LogP contribution in [-0.4, -0.2) is 10.9 Å². The molecular formula is C22H18ClFN2O. The molecule has 3 nitrogen and oxygen atoms in total. The van der Waals surface area contributed by atoms with Crippen LogP contribution in [0, 0.1) is 5.82 Å². The zero-order chi connectivity index (χ0) is 19.2. The predicted molar refractivity (Wildman–Crippen MR) is 107 cm³/mol. The van der Waals surface area contributed by atoms with E-state index in [1.54, 1.807) is 30.5 Å². The van der Waals surface area contributed by atoms with E-state index in [0.717, 1.165) is 16.7 Å². The van der Waals surface area contributed by atoms with Crippen LogP contribution in [0.3, 0.4) is 0 Å². The third-order valence-electron chi connectivity index (χ3n) is 4.13. The molecule has 3 aromatic rings. The Hall–Kier alpha value is -2.98. The third kappa shape index (κ3) is 5.02. The average molecular weight is 381 g/mol. The van der Waals surface area contributed by atoms with Crippen molar-refractivity contribution in [3.63, 3.8) is 0 Å². The van der Waals surface area contributed by atoms with E-state index in [-0.39, 0.29) is 17.8 Å². The van der Waals surface area contributed by atoms with Crippen LogP contribution in [0.4, 0.5) is 4.39 Å². The molecule has 1 atom stereocenters. The molecule has 2 aromatic carbocycles. The van der Waals surface area contributed by atoms with Crippen LogP contribution in [0.2, 0.25) is 5.15 Å². The van der Waals surface area contributed by atoms with Crippen molar-refractivity contribution >= 4 is 23.6 Å². The standard InChI is InChI=1S/C22H18ClFN2O/c1-15(26-22(27)12-10-16-5-2-3-8-20(16)24)17-6-4-7-18(13-17)19-9-11-21(23)25-14-19/h2-15H,1H3,(H,26,27). The van der Waals surface area contributed by atoms with E-state index < -0.39 is 0 Å². The molecule has 27 heavy (non-hydrogen) atoms. The maximum atomic E-state index is 13.6. The van der Waals surface area contributed by atoms with Gasteiger partial charge in [0.05, 0.1) is 6.04 Å². The van der Waals surface area contributed by atoms with Gasteiger partial charge in [0.15, 0.2) is 0 Å². The maximum Gasteiger partial charge on any atom is 0.244 e. The lowest BCUT2D eigenvalue weighted by atomic mass is 10.0. The lowest BCUT2D eigenvalue weighted by molar-refractivity contribution is -0.117. The summed E-state index contributed by atoms with van der Waals surface area (Å²) < 4.78 is 13.6. The summed E-state index contributed by atoms with van der Waals surface area (Å²) in [6.45, 7) is 1.90. The van der Waals surface area contributed by atoms with Gasteiger partial charge in [0.1, 0.15) is 11.0 Å². The molecule has 0 spiro atoms. The van der Waals surface area contributed by atoms with Crippen LogP contribution < -0.4 is 5.32 Å². The minimum absolute atomic E-state index is 0.206. The summed E-state index contributed by atoms with van der Waals surface area (Å²) in [5.41, 5.74) is 3.26. The number of halogens is 2. The van der Waals surface area contributed by atoms with Crippen LogP contribution in [0.15, 0.2) is 72.9 Å². The summed E-state index contributed by atoms with van der Waals surface area (Å²) in [5, 5.41) is 3.33. The summed E-state index contributed by atoms with van der Waals surface area (Å²) in [6, 6.07) is 17.6. The topological polar surface area (TPSA) is 42.0 Å². The van der Waals surface area contributed by atoms with Gasteiger partial charge < -0.3 is 5.32 Å². The molecule has 1 N–H and O–H groups in total. The minimum atomic E-state index is -0.362. The molecular weight excluding hydrogens is 363 g/mol. The Morgan fingerprint density at radius 1 is 1.11 bits per heavy atom. The Balaban J connectivity index is 1.70. The van der Waals surface area contributed by atoms with Crippen molar-refractivity contribution < 1.29 is 9.18 Å². The highest BCUT2D eigenvalue weighted by Gasteiger charge is 2.09.